The molecule has 1 aromatic heterocycles. The van der Waals surface area contributed by atoms with Gasteiger partial charge in [-0.25, -0.2) is 13.4 Å². The molecule has 1 atom stereocenters. The van der Waals surface area contributed by atoms with Crippen LogP contribution in [0.5, 0.6) is 0 Å². The van der Waals surface area contributed by atoms with Gasteiger partial charge in [0, 0.05) is 25.8 Å². The fraction of sp³-hybridized carbons (Fsp3) is 0.455. The van der Waals surface area contributed by atoms with Crippen molar-refractivity contribution in [3.63, 3.8) is 0 Å². The van der Waals surface area contributed by atoms with Crippen LogP contribution in [-0.4, -0.2) is 54.5 Å². The monoisotopic (exact) mass is 285 g/mol. The maximum Gasteiger partial charge on any atom is 0.323 e. The summed E-state index contributed by atoms with van der Waals surface area (Å²) in [6.45, 7) is 2.40. The van der Waals surface area contributed by atoms with E-state index in [-0.39, 0.29) is 18.1 Å². The van der Waals surface area contributed by atoms with Crippen LogP contribution in [0.3, 0.4) is 0 Å². The van der Waals surface area contributed by atoms with Crippen molar-refractivity contribution in [3.05, 3.63) is 23.9 Å². The molecule has 0 radical (unpaired) electrons. The summed E-state index contributed by atoms with van der Waals surface area (Å²) >= 11 is 0. The molecule has 8 heteroatoms. The zero-order valence-corrected chi connectivity index (χ0v) is 11.2. The van der Waals surface area contributed by atoms with Gasteiger partial charge in [0.1, 0.15) is 6.04 Å². The average molecular weight is 285 g/mol. The van der Waals surface area contributed by atoms with Gasteiger partial charge in [0.2, 0.25) is 0 Å². The maximum absolute atomic E-state index is 12.4. The third kappa shape index (κ3) is 2.75. The van der Waals surface area contributed by atoms with Gasteiger partial charge in [0.05, 0.1) is 0 Å². The predicted molar refractivity (Wildman–Crippen MR) is 67.2 cm³/mol. The number of hydrogen-bond acceptors (Lipinski definition) is 5. The minimum Gasteiger partial charge on any atom is -0.480 e. The van der Waals surface area contributed by atoms with E-state index in [0.717, 1.165) is 9.87 Å². The number of carboxylic acids is 1. The zero-order chi connectivity index (χ0) is 14.0. The van der Waals surface area contributed by atoms with Crippen LogP contribution in [0.15, 0.2) is 23.4 Å². The Morgan fingerprint density at radius 2 is 2.32 bits per heavy atom. The minimum atomic E-state index is -3.88. The number of carbonyl (C=O) groups is 1. The number of nitrogens with one attached hydrogen (secondary N) is 1. The van der Waals surface area contributed by atoms with E-state index in [1.165, 1.54) is 12.3 Å². The number of carboxylic acid groups (broad SMARTS) is 1. The second-order valence-corrected chi connectivity index (χ2v) is 6.18. The predicted octanol–water partition coefficient (Wildman–Crippen LogP) is -0.563. The molecule has 2 heterocycles. The largest absolute Gasteiger partial charge is 0.480 e. The molecule has 1 saturated heterocycles. The molecule has 0 aliphatic carbocycles. The van der Waals surface area contributed by atoms with E-state index in [9.17, 15) is 13.2 Å². The van der Waals surface area contributed by atoms with Crippen molar-refractivity contribution in [3.8, 4) is 0 Å². The van der Waals surface area contributed by atoms with Crippen molar-refractivity contribution >= 4 is 16.0 Å². The van der Waals surface area contributed by atoms with Gasteiger partial charge in [-0.1, -0.05) is 0 Å². The molecular weight excluding hydrogens is 270 g/mol. The van der Waals surface area contributed by atoms with Gasteiger partial charge in [-0.15, -0.1) is 0 Å². The van der Waals surface area contributed by atoms with E-state index in [4.69, 9.17) is 5.11 Å². The Bertz CT molecular complexity index is 587. The highest BCUT2D eigenvalue weighted by molar-refractivity contribution is 7.89. The Labute approximate surface area is 111 Å². The minimum absolute atomic E-state index is 0.0976. The van der Waals surface area contributed by atoms with E-state index in [2.05, 4.69) is 10.3 Å². The molecule has 104 valence electrons. The molecule has 0 bridgehead atoms. The van der Waals surface area contributed by atoms with Crippen LogP contribution in [0, 0.1) is 6.92 Å². The lowest BCUT2D eigenvalue weighted by Crippen LogP contribution is -2.56. The quantitative estimate of drug-likeness (QED) is 0.772. The number of pyridine rings is 1. The molecule has 0 unspecified atom stereocenters. The number of aromatic nitrogens is 1. The summed E-state index contributed by atoms with van der Waals surface area (Å²) < 4.78 is 25.8. The average Bonchev–Trinajstić information content (AvgIpc) is 2.38. The lowest BCUT2D eigenvalue weighted by molar-refractivity contribution is -0.141. The summed E-state index contributed by atoms with van der Waals surface area (Å²) in [5.74, 6) is -1.16. The fourth-order valence-corrected chi connectivity index (χ4v) is 3.55. The summed E-state index contributed by atoms with van der Waals surface area (Å²) in [6.07, 6.45) is 1.40. The van der Waals surface area contributed by atoms with Gasteiger partial charge < -0.3 is 10.4 Å². The Hall–Kier alpha value is -1.51. The molecule has 7 nitrogen and oxygen atoms in total. The third-order valence-corrected chi connectivity index (χ3v) is 4.75. The number of aliphatic carboxylic acids is 1. The Morgan fingerprint density at radius 1 is 1.58 bits per heavy atom. The Kier molecular flexibility index (Phi) is 3.83. The molecule has 2 N–H and O–H groups in total. The lowest BCUT2D eigenvalue weighted by Gasteiger charge is -2.32. The van der Waals surface area contributed by atoms with Gasteiger partial charge in [-0.2, -0.15) is 4.31 Å². The topological polar surface area (TPSA) is 99.6 Å². The zero-order valence-electron chi connectivity index (χ0n) is 10.4. The SMILES string of the molecule is Cc1ccnc(S(=O)(=O)N2CCNC[C@@H]2C(=O)O)c1. The van der Waals surface area contributed by atoms with Crippen LogP contribution >= 0.6 is 0 Å². The first-order valence-electron chi connectivity index (χ1n) is 5.81. The molecule has 2 rings (SSSR count). The molecule has 1 aliphatic heterocycles. The number of hydrogen-bond donors (Lipinski definition) is 2. The van der Waals surface area contributed by atoms with E-state index in [0.29, 0.717) is 6.54 Å². The van der Waals surface area contributed by atoms with Crippen molar-refractivity contribution < 1.29 is 18.3 Å². The van der Waals surface area contributed by atoms with E-state index >= 15 is 0 Å². The number of aryl methyl sites for hydroxylation is 1. The summed E-state index contributed by atoms with van der Waals surface area (Å²) in [5, 5.41) is 11.9. The fourth-order valence-electron chi connectivity index (χ4n) is 1.95. The van der Waals surface area contributed by atoms with Gasteiger partial charge in [0.25, 0.3) is 10.0 Å². The molecule has 0 amide bonds. The molecule has 0 spiro atoms. The number of nitrogens with zero attached hydrogens (tertiary/aromatic N) is 2. The standard InChI is InChI=1S/C11H15N3O4S/c1-8-2-3-13-10(6-8)19(17,18)14-5-4-12-7-9(14)11(15)16/h2-3,6,9,12H,4-5,7H2,1H3,(H,15,16)/t9-/m1/s1. The second-order valence-electron chi connectivity index (χ2n) is 4.35. The first-order valence-corrected chi connectivity index (χ1v) is 7.25. The Balaban J connectivity index is 2.40. The lowest BCUT2D eigenvalue weighted by atomic mass is 10.2. The highest BCUT2D eigenvalue weighted by Crippen LogP contribution is 2.18. The maximum atomic E-state index is 12.4. The summed E-state index contributed by atoms with van der Waals surface area (Å²) in [6, 6.07) is 2.03. The van der Waals surface area contributed by atoms with Crippen molar-refractivity contribution in [2.24, 2.45) is 0 Å². The van der Waals surface area contributed by atoms with Crippen LogP contribution in [0.4, 0.5) is 0 Å². The highest BCUT2D eigenvalue weighted by atomic mass is 32.2. The molecule has 1 fully saturated rings. The summed E-state index contributed by atoms with van der Waals surface area (Å²) in [7, 11) is -3.88. The second kappa shape index (κ2) is 5.24. The molecule has 1 aliphatic rings. The molecule has 0 saturated carbocycles. The van der Waals surface area contributed by atoms with Gasteiger partial charge >= 0.3 is 5.97 Å². The number of sulfonamides is 1. The molecular formula is C11H15N3O4S. The van der Waals surface area contributed by atoms with Crippen molar-refractivity contribution in [1.29, 1.82) is 0 Å². The van der Waals surface area contributed by atoms with Crippen LogP contribution in [0.2, 0.25) is 0 Å². The van der Waals surface area contributed by atoms with E-state index in [1.54, 1.807) is 13.0 Å². The van der Waals surface area contributed by atoms with Crippen LogP contribution in [-0.2, 0) is 14.8 Å². The van der Waals surface area contributed by atoms with Crippen molar-refractivity contribution in [2.45, 2.75) is 18.0 Å². The van der Waals surface area contributed by atoms with Crippen LogP contribution < -0.4 is 5.32 Å². The molecule has 19 heavy (non-hydrogen) atoms. The van der Waals surface area contributed by atoms with Crippen LogP contribution in [0.1, 0.15) is 5.56 Å². The summed E-state index contributed by atoms with van der Waals surface area (Å²) in [4.78, 5) is 15.0. The summed E-state index contributed by atoms with van der Waals surface area (Å²) in [5.41, 5.74) is 0.760. The third-order valence-electron chi connectivity index (χ3n) is 2.94. The van der Waals surface area contributed by atoms with Crippen molar-refractivity contribution in [2.75, 3.05) is 19.6 Å². The number of rotatable bonds is 3. The molecule has 0 aromatic carbocycles. The highest BCUT2D eigenvalue weighted by Gasteiger charge is 2.38. The van der Waals surface area contributed by atoms with E-state index in [1.807, 2.05) is 0 Å². The van der Waals surface area contributed by atoms with Gasteiger partial charge in [-0.05, 0) is 24.6 Å². The van der Waals surface area contributed by atoms with Crippen LogP contribution in [0.25, 0.3) is 0 Å². The normalized spacial score (nSPS) is 21.2. The molecule has 1 aromatic rings. The van der Waals surface area contributed by atoms with Gasteiger partial charge in [-0.3, -0.25) is 4.79 Å². The van der Waals surface area contributed by atoms with E-state index < -0.39 is 22.0 Å². The number of piperazine rings is 1. The first kappa shape index (κ1) is 13.9. The first-order chi connectivity index (χ1) is 8.93. The smallest absolute Gasteiger partial charge is 0.323 e. The van der Waals surface area contributed by atoms with Crippen molar-refractivity contribution in [1.82, 2.24) is 14.6 Å². The van der Waals surface area contributed by atoms with Gasteiger partial charge in [0.15, 0.2) is 5.03 Å². The Morgan fingerprint density at radius 3 is 2.95 bits per heavy atom.